The van der Waals surface area contributed by atoms with Crippen molar-refractivity contribution < 1.29 is 51.4 Å². The van der Waals surface area contributed by atoms with E-state index < -0.39 is 0 Å². The average Bonchev–Trinajstić information content (AvgIpc) is 2.33. The van der Waals surface area contributed by atoms with Gasteiger partial charge in [0.25, 0.3) is 0 Å². The smallest absolute Gasteiger partial charge is 0.223 e. The van der Waals surface area contributed by atoms with Crippen LogP contribution in [0.1, 0.15) is 0 Å². The maximum absolute atomic E-state index is 3.85. The van der Waals surface area contributed by atoms with Gasteiger partial charge in [-0.2, -0.15) is 23.3 Å². The molecule has 1 heterocycles. The van der Waals surface area contributed by atoms with Crippen LogP contribution in [0.4, 0.5) is 0 Å². The Kier molecular flexibility index (Phi) is 3.00. The standard InChI is InChI=1S/C6H4N3.K/c1-2-4-6-5(3-1)7-9-8-6;/h1-3H,(H,7,8,9);/q-1;+1. The predicted molar refractivity (Wildman–Crippen MR) is 32.7 cm³/mol. The van der Waals surface area contributed by atoms with Crippen molar-refractivity contribution in [2.45, 2.75) is 0 Å². The summed E-state index contributed by atoms with van der Waals surface area (Å²) in [5, 5.41) is 10.2. The van der Waals surface area contributed by atoms with Crippen molar-refractivity contribution in [1.29, 1.82) is 0 Å². The van der Waals surface area contributed by atoms with Crippen LogP contribution >= 0.6 is 0 Å². The third-order valence-electron chi connectivity index (χ3n) is 1.15. The molecule has 44 valence electrons. The Labute approximate surface area is 101 Å². The maximum atomic E-state index is 3.85. The first-order chi connectivity index (χ1) is 4.47. The number of nitrogens with one attached hydrogen (secondary N) is 1. The molecule has 0 atom stereocenters. The second-order valence-electron chi connectivity index (χ2n) is 1.73. The Hall–Kier alpha value is 0.256. The fourth-order valence-corrected chi connectivity index (χ4v) is 0.728. The molecule has 3 nitrogen and oxygen atoms in total. The molecule has 1 aromatic carbocycles. The van der Waals surface area contributed by atoms with Crippen molar-refractivity contribution in [3.63, 3.8) is 0 Å². The normalized spacial score (nSPS) is 9.20. The third kappa shape index (κ3) is 1.46. The zero-order valence-electron chi connectivity index (χ0n) is 5.63. The molecular formula is C6H4KN3. The summed E-state index contributed by atoms with van der Waals surface area (Å²) in [6.45, 7) is 0. The molecule has 1 aromatic heterocycles. The number of aromatic nitrogens is 3. The molecule has 10 heavy (non-hydrogen) atoms. The van der Waals surface area contributed by atoms with Crippen molar-refractivity contribution in [2.24, 2.45) is 0 Å². The maximum Gasteiger partial charge on any atom is 1.00 e. The van der Waals surface area contributed by atoms with E-state index in [2.05, 4.69) is 21.5 Å². The van der Waals surface area contributed by atoms with Crippen LogP contribution in [-0.2, 0) is 0 Å². The fraction of sp³-hybridized carbons (Fsp3) is 0. The molecular weight excluding hydrogens is 153 g/mol. The number of aromatic amines is 1. The molecule has 0 aliphatic heterocycles. The van der Waals surface area contributed by atoms with Crippen LogP contribution < -0.4 is 51.4 Å². The SMILES string of the molecule is [K+].[c-]1cccc2n[nH]nc12. The molecule has 4 heteroatoms. The van der Waals surface area contributed by atoms with Crippen molar-refractivity contribution >= 4 is 11.0 Å². The first-order valence-electron chi connectivity index (χ1n) is 2.64. The Bertz CT molecular complexity index is 287. The fourth-order valence-electron chi connectivity index (χ4n) is 0.728. The van der Waals surface area contributed by atoms with Crippen LogP contribution in [0.3, 0.4) is 0 Å². The number of benzene rings is 1. The van der Waals surface area contributed by atoms with Gasteiger partial charge in [-0.15, -0.1) is 6.07 Å². The van der Waals surface area contributed by atoms with Gasteiger partial charge in [0.2, 0.25) is 0 Å². The van der Waals surface area contributed by atoms with Crippen LogP contribution in [0.25, 0.3) is 11.0 Å². The van der Waals surface area contributed by atoms with Gasteiger partial charge >= 0.3 is 51.4 Å². The molecule has 0 amide bonds. The summed E-state index contributed by atoms with van der Waals surface area (Å²) < 4.78 is 0. The Morgan fingerprint density at radius 1 is 1.40 bits per heavy atom. The number of hydrogen-bond donors (Lipinski definition) is 1. The summed E-state index contributed by atoms with van der Waals surface area (Å²) in [6, 6.07) is 8.50. The van der Waals surface area contributed by atoms with Crippen LogP contribution in [0.15, 0.2) is 18.2 Å². The Morgan fingerprint density at radius 2 is 2.30 bits per heavy atom. The molecule has 2 aromatic rings. The van der Waals surface area contributed by atoms with E-state index in [9.17, 15) is 0 Å². The topological polar surface area (TPSA) is 41.6 Å². The summed E-state index contributed by atoms with van der Waals surface area (Å²) in [5.74, 6) is 0. The van der Waals surface area contributed by atoms with Gasteiger partial charge in [-0.1, -0.05) is 0 Å². The van der Waals surface area contributed by atoms with Gasteiger partial charge in [-0.05, 0) is 5.52 Å². The first kappa shape index (κ1) is 8.35. The van der Waals surface area contributed by atoms with E-state index in [1.54, 1.807) is 0 Å². The minimum atomic E-state index is 0. The van der Waals surface area contributed by atoms with Crippen molar-refractivity contribution in [2.75, 3.05) is 0 Å². The van der Waals surface area contributed by atoms with E-state index in [4.69, 9.17) is 0 Å². The predicted octanol–water partition coefficient (Wildman–Crippen LogP) is -2.24. The van der Waals surface area contributed by atoms with Gasteiger partial charge in [-0.25, -0.2) is 10.3 Å². The van der Waals surface area contributed by atoms with Crippen LogP contribution in [0.5, 0.6) is 0 Å². The van der Waals surface area contributed by atoms with Gasteiger partial charge < -0.3 is 0 Å². The number of fused-ring (bicyclic) bond motifs is 1. The van der Waals surface area contributed by atoms with E-state index in [0.29, 0.717) is 0 Å². The third-order valence-corrected chi connectivity index (χ3v) is 1.15. The summed E-state index contributed by atoms with van der Waals surface area (Å²) in [6.07, 6.45) is 0. The van der Waals surface area contributed by atoms with Gasteiger partial charge in [-0.3, -0.25) is 0 Å². The number of hydrogen-bond acceptors (Lipinski definition) is 2. The first-order valence-corrected chi connectivity index (χ1v) is 2.64. The molecule has 0 aliphatic rings. The zero-order chi connectivity index (χ0) is 6.10. The van der Waals surface area contributed by atoms with Crippen molar-refractivity contribution in [3.8, 4) is 0 Å². The van der Waals surface area contributed by atoms with Gasteiger partial charge in [0.05, 0.1) is 0 Å². The van der Waals surface area contributed by atoms with Gasteiger partial charge in [0, 0.05) is 5.52 Å². The summed E-state index contributed by atoms with van der Waals surface area (Å²) in [7, 11) is 0. The molecule has 0 saturated carbocycles. The molecule has 0 spiro atoms. The number of para-hydroxylation sites is 1. The minimum Gasteiger partial charge on any atom is -0.223 e. The monoisotopic (exact) mass is 157 g/mol. The van der Waals surface area contributed by atoms with Crippen molar-refractivity contribution in [1.82, 2.24) is 15.4 Å². The minimum absolute atomic E-state index is 0. The van der Waals surface area contributed by atoms with E-state index in [-0.39, 0.29) is 51.4 Å². The molecule has 0 saturated heterocycles. The molecule has 2 rings (SSSR count). The van der Waals surface area contributed by atoms with E-state index in [0.717, 1.165) is 11.0 Å². The second kappa shape index (κ2) is 3.59. The van der Waals surface area contributed by atoms with Crippen LogP contribution in [-0.4, -0.2) is 15.4 Å². The largest absolute Gasteiger partial charge is 1.00 e. The molecule has 0 unspecified atom stereocenters. The van der Waals surface area contributed by atoms with E-state index >= 15 is 0 Å². The van der Waals surface area contributed by atoms with Crippen LogP contribution in [0.2, 0.25) is 0 Å². The quantitative estimate of drug-likeness (QED) is 0.347. The summed E-state index contributed by atoms with van der Waals surface area (Å²) >= 11 is 0. The van der Waals surface area contributed by atoms with Crippen molar-refractivity contribution in [3.05, 3.63) is 24.3 Å². The number of H-pyrrole nitrogens is 1. The molecule has 0 bridgehead atoms. The molecule has 1 N–H and O–H groups in total. The molecule has 0 radical (unpaired) electrons. The summed E-state index contributed by atoms with van der Waals surface area (Å²) in [5.41, 5.74) is 1.65. The van der Waals surface area contributed by atoms with Crippen LogP contribution in [0, 0.1) is 6.07 Å². The summed E-state index contributed by atoms with van der Waals surface area (Å²) in [4.78, 5) is 0. The second-order valence-corrected chi connectivity index (χ2v) is 1.73. The Morgan fingerprint density at radius 3 is 3.10 bits per heavy atom. The molecule has 0 aliphatic carbocycles. The zero-order valence-corrected chi connectivity index (χ0v) is 8.75. The van der Waals surface area contributed by atoms with Gasteiger partial charge in [0.15, 0.2) is 0 Å². The Balaban J connectivity index is 0.000000500. The van der Waals surface area contributed by atoms with E-state index in [1.165, 1.54) is 0 Å². The van der Waals surface area contributed by atoms with E-state index in [1.807, 2.05) is 18.2 Å². The molecule has 0 fully saturated rings. The number of nitrogens with zero attached hydrogens (tertiary/aromatic N) is 2. The van der Waals surface area contributed by atoms with Gasteiger partial charge in [0.1, 0.15) is 0 Å². The average molecular weight is 157 g/mol. The number of rotatable bonds is 0.